The lowest BCUT2D eigenvalue weighted by Gasteiger charge is -2.19. The molecule has 0 fully saturated rings. The third-order valence-corrected chi connectivity index (χ3v) is 3.63. The molecule has 0 saturated heterocycles. The highest BCUT2D eigenvalue weighted by atomic mass is 14.9. The SMILES string of the molecule is CCNC(CCc1ccccn1)c1cccc(CC)c1. The summed E-state index contributed by atoms with van der Waals surface area (Å²) in [6.45, 7) is 5.36. The molecular formula is C18H24N2. The largest absolute Gasteiger partial charge is 0.310 e. The van der Waals surface area contributed by atoms with E-state index in [1.54, 1.807) is 0 Å². The van der Waals surface area contributed by atoms with E-state index in [0.29, 0.717) is 6.04 Å². The van der Waals surface area contributed by atoms with Gasteiger partial charge in [-0.15, -0.1) is 0 Å². The third-order valence-electron chi connectivity index (χ3n) is 3.63. The zero-order valence-electron chi connectivity index (χ0n) is 12.5. The van der Waals surface area contributed by atoms with Gasteiger partial charge in [0.15, 0.2) is 0 Å². The minimum Gasteiger partial charge on any atom is -0.310 e. The van der Waals surface area contributed by atoms with Gasteiger partial charge in [-0.3, -0.25) is 4.98 Å². The van der Waals surface area contributed by atoms with Crippen LogP contribution in [0.5, 0.6) is 0 Å². The highest BCUT2D eigenvalue weighted by molar-refractivity contribution is 5.26. The number of rotatable bonds is 7. The van der Waals surface area contributed by atoms with E-state index in [1.165, 1.54) is 16.8 Å². The molecule has 0 amide bonds. The number of nitrogens with zero attached hydrogens (tertiary/aromatic N) is 1. The lowest BCUT2D eigenvalue weighted by Crippen LogP contribution is -2.21. The molecule has 2 rings (SSSR count). The molecule has 1 atom stereocenters. The van der Waals surface area contributed by atoms with Gasteiger partial charge in [0, 0.05) is 17.9 Å². The number of pyridine rings is 1. The summed E-state index contributed by atoms with van der Waals surface area (Å²) in [7, 11) is 0. The average Bonchev–Trinajstić information content (AvgIpc) is 2.52. The molecule has 106 valence electrons. The fourth-order valence-corrected chi connectivity index (χ4v) is 2.50. The molecule has 0 radical (unpaired) electrons. The minimum absolute atomic E-state index is 0.411. The zero-order valence-corrected chi connectivity index (χ0v) is 12.5. The molecular weight excluding hydrogens is 244 g/mol. The first kappa shape index (κ1) is 14.7. The molecule has 1 N–H and O–H groups in total. The smallest absolute Gasteiger partial charge is 0.0404 e. The zero-order chi connectivity index (χ0) is 14.2. The van der Waals surface area contributed by atoms with Crippen molar-refractivity contribution in [1.29, 1.82) is 0 Å². The van der Waals surface area contributed by atoms with Crippen LogP contribution in [-0.4, -0.2) is 11.5 Å². The van der Waals surface area contributed by atoms with E-state index >= 15 is 0 Å². The van der Waals surface area contributed by atoms with Crippen molar-refractivity contribution in [2.24, 2.45) is 0 Å². The second-order valence-electron chi connectivity index (χ2n) is 5.07. The summed E-state index contributed by atoms with van der Waals surface area (Å²) in [5, 5.41) is 3.59. The Bertz CT molecular complexity index is 508. The van der Waals surface area contributed by atoms with Crippen molar-refractivity contribution >= 4 is 0 Å². The predicted molar refractivity (Wildman–Crippen MR) is 84.8 cm³/mol. The highest BCUT2D eigenvalue weighted by Gasteiger charge is 2.11. The van der Waals surface area contributed by atoms with E-state index in [1.807, 2.05) is 12.3 Å². The van der Waals surface area contributed by atoms with Gasteiger partial charge in [0.25, 0.3) is 0 Å². The van der Waals surface area contributed by atoms with Crippen LogP contribution in [0, 0.1) is 0 Å². The molecule has 0 spiro atoms. The van der Waals surface area contributed by atoms with Crippen LogP contribution >= 0.6 is 0 Å². The van der Waals surface area contributed by atoms with Crippen LogP contribution in [0.1, 0.15) is 43.1 Å². The van der Waals surface area contributed by atoms with Gasteiger partial charge in [0.05, 0.1) is 0 Å². The number of aromatic nitrogens is 1. The molecule has 0 aliphatic heterocycles. The van der Waals surface area contributed by atoms with E-state index in [9.17, 15) is 0 Å². The van der Waals surface area contributed by atoms with E-state index in [4.69, 9.17) is 0 Å². The molecule has 2 nitrogen and oxygen atoms in total. The molecule has 2 heteroatoms. The first-order valence-corrected chi connectivity index (χ1v) is 7.55. The summed E-state index contributed by atoms with van der Waals surface area (Å²) in [6.07, 6.45) is 5.05. The number of aryl methyl sites for hydroxylation is 2. The molecule has 20 heavy (non-hydrogen) atoms. The molecule has 1 aromatic carbocycles. The Labute approximate surface area is 122 Å². The van der Waals surface area contributed by atoms with Crippen LogP contribution in [0.25, 0.3) is 0 Å². The second kappa shape index (κ2) is 7.81. The predicted octanol–water partition coefficient (Wildman–Crippen LogP) is 3.93. The number of nitrogens with one attached hydrogen (secondary N) is 1. The quantitative estimate of drug-likeness (QED) is 0.823. The monoisotopic (exact) mass is 268 g/mol. The van der Waals surface area contributed by atoms with Crippen LogP contribution < -0.4 is 5.32 Å². The molecule has 1 heterocycles. The number of hydrogen-bond acceptors (Lipinski definition) is 2. The maximum atomic E-state index is 4.41. The normalized spacial score (nSPS) is 12.3. The molecule has 2 aromatic rings. The molecule has 0 aliphatic carbocycles. The fraction of sp³-hybridized carbons (Fsp3) is 0.389. The summed E-state index contributed by atoms with van der Waals surface area (Å²) in [4.78, 5) is 4.41. The van der Waals surface area contributed by atoms with Crippen LogP contribution in [0.4, 0.5) is 0 Å². The van der Waals surface area contributed by atoms with Gasteiger partial charge in [-0.05, 0) is 49.1 Å². The average molecular weight is 268 g/mol. The van der Waals surface area contributed by atoms with Gasteiger partial charge in [-0.2, -0.15) is 0 Å². The first-order chi connectivity index (χ1) is 9.83. The number of benzene rings is 1. The van der Waals surface area contributed by atoms with Crippen LogP contribution in [-0.2, 0) is 12.8 Å². The Balaban J connectivity index is 2.06. The fourth-order valence-electron chi connectivity index (χ4n) is 2.50. The third kappa shape index (κ3) is 4.17. The minimum atomic E-state index is 0.411. The van der Waals surface area contributed by atoms with Crippen molar-refractivity contribution < 1.29 is 0 Å². The summed E-state index contributed by atoms with van der Waals surface area (Å²) in [6, 6.07) is 15.5. The molecule has 0 aliphatic rings. The Morgan fingerprint density at radius 3 is 2.70 bits per heavy atom. The Hall–Kier alpha value is -1.67. The summed E-state index contributed by atoms with van der Waals surface area (Å²) < 4.78 is 0. The Morgan fingerprint density at radius 2 is 2.00 bits per heavy atom. The lowest BCUT2D eigenvalue weighted by molar-refractivity contribution is 0.512. The van der Waals surface area contributed by atoms with Gasteiger partial charge in [-0.1, -0.05) is 44.2 Å². The molecule has 0 saturated carbocycles. The van der Waals surface area contributed by atoms with Crippen molar-refractivity contribution in [1.82, 2.24) is 10.3 Å². The standard InChI is InChI=1S/C18H24N2/c1-3-15-8-7-9-16(14-15)18(19-4-2)12-11-17-10-5-6-13-20-17/h5-10,13-14,18-19H,3-4,11-12H2,1-2H3. The van der Waals surface area contributed by atoms with Gasteiger partial charge in [0.1, 0.15) is 0 Å². The lowest BCUT2D eigenvalue weighted by atomic mass is 9.98. The van der Waals surface area contributed by atoms with Crippen LogP contribution in [0.3, 0.4) is 0 Å². The van der Waals surface area contributed by atoms with E-state index in [-0.39, 0.29) is 0 Å². The van der Waals surface area contributed by atoms with Crippen molar-refractivity contribution in [3.8, 4) is 0 Å². The van der Waals surface area contributed by atoms with E-state index in [2.05, 4.69) is 60.5 Å². The van der Waals surface area contributed by atoms with Gasteiger partial charge in [0.2, 0.25) is 0 Å². The topological polar surface area (TPSA) is 24.9 Å². The first-order valence-electron chi connectivity index (χ1n) is 7.55. The van der Waals surface area contributed by atoms with Gasteiger partial charge in [-0.25, -0.2) is 0 Å². The highest BCUT2D eigenvalue weighted by Crippen LogP contribution is 2.20. The molecule has 1 unspecified atom stereocenters. The molecule has 1 aromatic heterocycles. The Morgan fingerprint density at radius 1 is 1.10 bits per heavy atom. The van der Waals surface area contributed by atoms with Crippen molar-refractivity contribution in [3.63, 3.8) is 0 Å². The Kier molecular flexibility index (Phi) is 5.75. The maximum absolute atomic E-state index is 4.41. The summed E-state index contributed by atoms with van der Waals surface area (Å²) >= 11 is 0. The maximum Gasteiger partial charge on any atom is 0.0404 e. The van der Waals surface area contributed by atoms with Crippen LogP contribution in [0.2, 0.25) is 0 Å². The molecule has 0 bridgehead atoms. The second-order valence-corrected chi connectivity index (χ2v) is 5.07. The van der Waals surface area contributed by atoms with E-state index < -0.39 is 0 Å². The van der Waals surface area contributed by atoms with Gasteiger partial charge < -0.3 is 5.32 Å². The van der Waals surface area contributed by atoms with Gasteiger partial charge >= 0.3 is 0 Å². The van der Waals surface area contributed by atoms with Crippen molar-refractivity contribution in [2.75, 3.05) is 6.54 Å². The summed E-state index contributed by atoms with van der Waals surface area (Å²) in [5.41, 5.74) is 3.97. The van der Waals surface area contributed by atoms with Crippen molar-refractivity contribution in [2.45, 2.75) is 39.2 Å². The number of hydrogen-bond donors (Lipinski definition) is 1. The van der Waals surface area contributed by atoms with Crippen molar-refractivity contribution in [3.05, 3.63) is 65.5 Å². The van der Waals surface area contributed by atoms with E-state index in [0.717, 1.165) is 25.8 Å². The summed E-state index contributed by atoms with van der Waals surface area (Å²) in [5.74, 6) is 0. The van der Waals surface area contributed by atoms with Crippen LogP contribution in [0.15, 0.2) is 48.7 Å².